The summed E-state index contributed by atoms with van der Waals surface area (Å²) >= 11 is 12.1. The Balaban J connectivity index is 2.17. The van der Waals surface area contributed by atoms with E-state index in [9.17, 15) is 4.79 Å². The summed E-state index contributed by atoms with van der Waals surface area (Å²) in [6, 6.07) is 3.49. The number of aliphatic hydroxyl groups is 1. The van der Waals surface area contributed by atoms with E-state index in [1.165, 1.54) is 0 Å². The Labute approximate surface area is 114 Å². The predicted octanol–water partition coefficient (Wildman–Crippen LogP) is 2.13. The Morgan fingerprint density at radius 1 is 1.39 bits per heavy atom. The Hall–Kier alpha value is -1.23. The third-order valence-electron chi connectivity index (χ3n) is 2.64. The quantitative estimate of drug-likeness (QED) is 0.806. The van der Waals surface area contributed by atoms with Gasteiger partial charge >= 0.3 is 0 Å². The van der Waals surface area contributed by atoms with Crippen molar-refractivity contribution in [2.45, 2.75) is 6.42 Å². The number of H-pyrrole nitrogens is 1. The molecule has 0 spiro atoms. The molecule has 2 aromatic rings. The zero-order valence-electron chi connectivity index (χ0n) is 9.46. The van der Waals surface area contributed by atoms with Crippen molar-refractivity contribution in [3.8, 4) is 0 Å². The topological polar surface area (TPSA) is 65.1 Å². The van der Waals surface area contributed by atoms with Gasteiger partial charge in [-0.05, 0) is 24.1 Å². The highest BCUT2D eigenvalue weighted by Crippen LogP contribution is 2.30. The molecule has 0 bridgehead atoms. The van der Waals surface area contributed by atoms with Crippen LogP contribution in [-0.2, 0) is 11.2 Å². The lowest BCUT2D eigenvalue weighted by Crippen LogP contribution is -2.28. The largest absolute Gasteiger partial charge is 0.387 e. The van der Waals surface area contributed by atoms with Crippen LogP contribution >= 0.6 is 23.2 Å². The van der Waals surface area contributed by atoms with Crippen LogP contribution < -0.4 is 5.32 Å². The molecule has 0 aliphatic rings. The molecule has 2 rings (SSSR count). The van der Waals surface area contributed by atoms with Crippen molar-refractivity contribution in [1.82, 2.24) is 10.3 Å². The molecule has 0 aliphatic carbocycles. The molecule has 1 aromatic carbocycles. The number of aromatic amines is 1. The molecular weight excluding hydrogens is 275 g/mol. The molecule has 0 unspecified atom stereocenters. The summed E-state index contributed by atoms with van der Waals surface area (Å²) in [4.78, 5) is 14.0. The van der Waals surface area contributed by atoms with Crippen molar-refractivity contribution in [3.63, 3.8) is 0 Å². The van der Waals surface area contributed by atoms with Crippen LogP contribution in [0.4, 0.5) is 0 Å². The van der Waals surface area contributed by atoms with E-state index in [1.807, 2.05) is 6.20 Å². The van der Waals surface area contributed by atoms with Crippen LogP contribution in [0.3, 0.4) is 0 Å². The summed E-state index contributed by atoms with van der Waals surface area (Å²) in [5.74, 6) is -0.385. The van der Waals surface area contributed by atoms with Gasteiger partial charge in [-0.2, -0.15) is 0 Å². The second-order valence-electron chi connectivity index (χ2n) is 3.88. The molecule has 0 saturated heterocycles. The number of carbonyl (C=O) groups excluding carboxylic acids is 1. The fourth-order valence-electron chi connectivity index (χ4n) is 1.84. The van der Waals surface area contributed by atoms with Crippen molar-refractivity contribution in [3.05, 3.63) is 33.9 Å². The molecule has 3 N–H and O–H groups in total. The van der Waals surface area contributed by atoms with Gasteiger partial charge in [0.1, 0.15) is 6.61 Å². The van der Waals surface area contributed by atoms with Crippen LogP contribution in [0.5, 0.6) is 0 Å². The standard InChI is InChI=1S/C12H12Cl2N2O2/c13-8-3-9(14)12-7(5-16-10(12)4-8)1-2-15-11(18)6-17/h3-5,16-17H,1-2,6H2,(H,15,18). The first-order valence-electron chi connectivity index (χ1n) is 5.44. The highest BCUT2D eigenvalue weighted by atomic mass is 35.5. The van der Waals surface area contributed by atoms with Crippen molar-refractivity contribution in [2.75, 3.05) is 13.2 Å². The molecule has 1 heterocycles. The van der Waals surface area contributed by atoms with Gasteiger partial charge in [-0.3, -0.25) is 4.79 Å². The van der Waals surface area contributed by atoms with E-state index in [2.05, 4.69) is 10.3 Å². The van der Waals surface area contributed by atoms with Gasteiger partial charge in [0, 0.05) is 28.7 Å². The number of hydrogen-bond donors (Lipinski definition) is 3. The van der Waals surface area contributed by atoms with E-state index < -0.39 is 6.61 Å². The molecule has 0 saturated carbocycles. The summed E-state index contributed by atoms with van der Waals surface area (Å²) in [7, 11) is 0. The van der Waals surface area contributed by atoms with Gasteiger partial charge in [0.25, 0.3) is 0 Å². The van der Waals surface area contributed by atoms with Crippen LogP contribution in [0.25, 0.3) is 10.9 Å². The number of rotatable bonds is 4. The van der Waals surface area contributed by atoms with Crippen molar-refractivity contribution < 1.29 is 9.90 Å². The van der Waals surface area contributed by atoms with Crippen LogP contribution in [0.2, 0.25) is 10.0 Å². The first kappa shape index (κ1) is 13.2. The first-order valence-corrected chi connectivity index (χ1v) is 6.20. The minimum atomic E-state index is -0.496. The van der Waals surface area contributed by atoms with Crippen molar-refractivity contribution in [2.24, 2.45) is 0 Å². The molecule has 0 fully saturated rings. The van der Waals surface area contributed by atoms with E-state index in [0.29, 0.717) is 23.0 Å². The fraction of sp³-hybridized carbons (Fsp3) is 0.250. The van der Waals surface area contributed by atoms with Gasteiger partial charge in [0.05, 0.1) is 5.02 Å². The SMILES string of the molecule is O=C(CO)NCCc1c[nH]c2cc(Cl)cc(Cl)c12. The average molecular weight is 287 g/mol. The normalized spacial score (nSPS) is 10.8. The van der Waals surface area contributed by atoms with Crippen LogP contribution in [0, 0.1) is 0 Å². The Bertz CT molecular complexity index is 581. The second-order valence-corrected chi connectivity index (χ2v) is 4.73. The van der Waals surface area contributed by atoms with Gasteiger partial charge in [0.2, 0.25) is 5.91 Å². The number of carbonyl (C=O) groups is 1. The third kappa shape index (κ3) is 2.77. The molecule has 96 valence electrons. The number of aromatic nitrogens is 1. The molecule has 18 heavy (non-hydrogen) atoms. The fourth-order valence-corrected chi connectivity index (χ4v) is 2.46. The summed E-state index contributed by atoms with van der Waals surface area (Å²) in [6.07, 6.45) is 2.48. The lowest BCUT2D eigenvalue weighted by atomic mass is 10.1. The summed E-state index contributed by atoms with van der Waals surface area (Å²) in [5.41, 5.74) is 1.88. The van der Waals surface area contributed by atoms with Gasteiger partial charge in [0.15, 0.2) is 0 Å². The molecule has 6 heteroatoms. The number of amides is 1. The monoisotopic (exact) mass is 286 g/mol. The van der Waals surface area contributed by atoms with Crippen LogP contribution in [0.15, 0.2) is 18.3 Å². The molecule has 4 nitrogen and oxygen atoms in total. The van der Waals surface area contributed by atoms with E-state index in [-0.39, 0.29) is 5.91 Å². The maximum atomic E-state index is 10.9. The maximum Gasteiger partial charge on any atom is 0.245 e. The highest BCUT2D eigenvalue weighted by Gasteiger charge is 2.09. The maximum absolute atomic E-state index is 10.9. The number of hydrogen-bond acceptors (Lipinski definition) is 2. The molecule has 0 aliphatic heterocycles. The highest BCUT2D eigenvalue weighted by molar-refractivity contribution is 6.38. The molecule has 0 atom stereocenters. The van der Waals surface area contributed by atoms with Gasteiger partial charge in [-0.25, -0.2) is 0 Å². The van der Waals surface area contributed by atoms with Crippen molar-refractivity contribution in [1.29, 1.82) is 0 Å². The molecule has 1 amide bonds. The zero-order chi connectivity index (χ0) is 13.1. The predicted molar refractivity (Wildman–Crippen MR) is 72.1 cm³/mol. The number of benzene rings is 1. The van der Waals surface area contributed by atoms with E-state index in [0.717, 1.165) is 16.5 Å². The van der Waals surface area contributed by atoms with E-state index in [4.69, 9.17) is 28.3 Å². The van der Waals surface area contributed by atoms with Crippen LogP contribution in [0.1, 0.15) is 5.56 Å². The van der Waals surface area contributed by atoms with Gasteiger partial charge < -0.3 is 15.4 Å². The minimum Gasteiger partial charge on any atom is -0.387 e. The number of halogens is 2. The lowest BCUT2D eigenvalue weighted by Gasteiger charge is -2.03. The summed E-state index contributed by atoms with van der Waals surface area (Å²) in [5, 5.41) is 13.3. The number of fused-ring (bicyclic) bond motifs is 1. The smallest absolute Gasteiger partial charge is 0.245 e. The van der Waals surface area contributed by atoms with E-state index >= 15 is 0 Å². The van der Waals surface area contributed by atoms with Gasteiger partial charge in [-0.15, -0.1) is 0 Å². The van der Waals surface area contributed by atoms with Crippen molar-refractivity contribution >= 4 is 40.0 Å². The first-order chi connectivity index (χ1) is 8.61. The number of nitrogens with one attached hydrogen (secondary N) is 2. The third-order valence-corrected chi connectivity index (χ3v) is 3.15. The van der Waals surface area contributed by atoms with E-state index in [1.54, 1.807) is 12.1 Å². The summed E-state index contributed by atoms with van der Waals surface area (Å²) in [6.45, 7) is -0.0461. The summed E-state index contributed by atoms with van der Waals surface area (Å²) < 4.78 is 0. The second kappa shape index (κ2) is 5.61. The number of aliphatic hydroxyl groups excluding tert-OH is 1. The molecule has 1 aromatic heterocycles. The molecular formula is C12H12Cl2N2O2. The van der Waals surface area contributed by atoms with Crippen LogP contribution in [-0.4, -0.2) is 29.1 Å². The Kier molecular flexibility index (Phi) is 4.11. The average Bonchev–Trinajstić information content (AvgIpc) is 2.72. The molecule has 0 radical (unpaired) electrons. The Morgan fingerprint density at radius 3 is 2.89 bits per heavy atom. The zero-order valence-corrected chi connectivity index (χ0v) is 11.0. The van der Waals surface area contributed by atoms with Gasteiger partial charge in [-0.1, -0.05) is 23.2 Å². The Morgan fingerprint density at radius 2 is 2.17 bits per heavy atom. The lowest BCUT2D eigenvalue weighted by molar-refractivity contribution is -0.123. The minimum absolute atomic E-state index is 0.385.